The molecule has 0 amide bonds. The van der Waals surface area contributed by atoms with E-state index in [1.165, 1.54) is 6.42 Å². The summed E-state index contributed by atoms with van der Waals surface area (Å²) in [6, 6.07) is 5.39. The number of ether oxygens (including phenoxy) is 2. The zero-order valence-corrected chi connectivity index (χ0v) is 10.1. The Kier molecular flexibility index (Phi) is 4.23. The first-order chi connectivity index (χ1) is 8.29. The van der Waals surface area contributed by atoms with E-state index in [0.29, 0.717) is 11.9 Å². The molecule has 1 aromatic rings. The van der Waals surface area contributed by atoms with Gasteiger partial charge in [-0.2, -0.15) is 0 Å². The average molecular weight is 237 g/mol. The second-order valence-corrected chi connectivity index (χ2v) is 4.27. The number of aromatic hydroxyl groups is 1. The Hall–Kier alpha value is -1.26. The molecule has 1 fully saturated rings. The standard InChI is InChI=1S/C13H19NO3/c1-16-13-7-10(4-5-12(13)15)8-14-9-11-3-2-6-17-11/h4-5,7,11,14-15H,2-3,6,8-9H2,1H3. The predicted octanol–water partition coefficient (Wildman–Crippen LogP) is 1.67. The third-order valence-corrected chi connectivity index (χ3v) is 2.97. The summed E-state index contributed by atoms with van der Waals surface area (Å²) < 4.78 is 10.6. The smallest absolute Gasteiger partial charge is 0.160 e. The third-order valence-electron chi connectivity index (χ3n) is 2.97. The largest absolute Gasteiger partial charge is 0.504 e. The number of methoxy groups -OCH3 is 1. The van der Waals surface area contributed by atoms with Gasteiger partial charge in [-0.15, -0.1) is 0 Å². The zero-order chi connectivity index (χ0) is 12.1. The van der Waals surface area contributed by atoms with E-state index in [9.17, 15) is 5.11 Å². The molecule has 1 heterocycles. The topological polar surface area (TPSA) is 50.7 Å². The number of phenolic OH excluding ortho intramolecular Hbond substituents is 1. The number of rotatable bonds is 5. The maximum Gasteiger partial charge on any atom is 0.160 e. The van der Waals surface area contributed by atoms with E-state index in [0.717, 1.165) is 31.7 Å². The van der Waals surface area contributed by atoms with Gasteiger partial charge in [-0.25, -0.2) is 0 Å². The summed E-state index contributed by atoms with van der Waals surface area (Å²) >= 11 is 0. The van der Waals surface area contributed by atoms with Crippen LogP contribution in [0.4, 0.5) is 0 Å². The fraction of sp³-hybridized carbons (Fsp3) is 0.538. The van der Waals surface area contributed by atoms with Gasteiger partial charge < -0.3 is 19.9 Å². The van der Waals surface area contributed by atoms with E-state index in [1.54, 1.807) is 13.2 Å². The maximum atomic E-state index is 9.47. The molecule has 2 rings (SSSR count). The molecule has 1 unspecified atom stereocenters. The molecular formula is C13H19NO3. The fourth-order valence-electron chi connectivity index (χ4n) is 2.01. The summed E-state index contributed by atoms with van der Waals surface area (Å²) in [6.07, 6.45) is 2.67. The maximum absolute atomic E-state index is 9.47. The van der Waals surface area contributed by atoms with Crippen LogP contribution in [0.1, 0.15) is 18.4 Å². The fourth-order valence-corrected chi connectivity index (χ4v) is 2.01. The molecule has 1 saturated heterocycles. The number of hydrogen-bond acceptors (Lipinski definition) is 4. The SMILES string of the molecule is COc1cc(CNCC2CCCO2)ccc1O. The molecule has 0 aliphatic carbocycles. The molecular weight excluding hydrogens is 218 g/mol. The average Bonchev–Trinajstić information content (AvgIpc) is 2.84. The summed E-state index contributed by atoms with van der Waals surface area (Å²) in [6.45, 7) is 2.53. The molecule has 17 heavy (non-hydrogen) atoms. The van der Waals surface area contributed by atoms with Crippen molar-refractivity contribution in [2.45, 2.75) is 25.5 Å². The van der Waals surface area contributed by atoms with Crippen LogP contribution in [0.5, 0.6) is 11.5 Å². The van der Waals surface area contributed by atoms with Crippen LogP contribution in [0.3, 0.4) is 0 Å². The van der Waals surface area contributed by atoms with Crippen molar-refractivity contribution in [2.24, 2.45) is 0 Å². The van der Waals surface area contributed by atoms with Crippen molar-refractivity contribution in [3.63, 3.8) is 0 Å². The van der Waals surface area contributed by atoms with Crippen LogP contribution in [0.2, 0.25) is 0 Å². The Bertz CT molecular complexity index is 362. The van der Waals surface area contributed by atoms with Gasteiger partial charge in [0.15, 0.2) is 11.5 Å². The van der Waals surface area contributed by atoms with E-state index in [4.69, 9.17) is 9.47 Å². The van der Waals surface area contributed by atoms with Gasteiger partial charge in [-0.1, -0.05) is 6.07 Å². The molecule has 1 atom stereocenters. The van der Waals surface area contributed by atoms with Gasteiger partial charge in [0.1, 0.15) is 0 Å². The minimum Gasteiger partial charge on any atom is -0.504 e. The molecule has 0 aromatic heterocycles. The lowest BCUT2D eigenvalue weighted by Crippen LogP contribution is -2.25. The lowest BCUT2D eigenvalue weighted by Gasteiger charge is -2.11. The minimum absolute atomic E-state index is 0.176. The van der Waals surface area contributed by atoms with E-state index in [-0.39, 0.29) is 5.75 Å². The summed E-state index contributed by atoms with van der Waals surface area (Å²) in [4.78, 5) is 0. The van der Waals surface area contributed by atoms with Crippen molar-refractivity contribution < 1.29 is 14.6 Å². The van der Waals surface area contributed by atoms with Gasteiger partial charge in [0, 0.05) is 19.7 Å². The van der Waals surface area contributed by atoms with Gasteiger partial charge in [-0.3, -0.25) is 0 Å². The van der Waals surface area contributed by atoms with Crippen molar-refractivity contribution in [2.75, 3.05) is 20.3 Å². The summed E-state index contributed by atoms with van der Waals surface area (Å²) in [5.74, 6) is 0.691. The summed E-state index contributed by atoms with van der Waals surface area (Å²) in [5.41, 5.74) is 1.10. The lowest BCUT2D eigenvalue weighted by atomic mass is 10.2. The monoisotopic (exact) mass is 237 g/mol. The predicted molar refractivity (Wildman–Crippen MR) is 65.3 cm³/mol. The number of phenols is 1. The molecule has 0 radical (unpaired) electrons. The molecule has 94 valence electrons. The molecule has 1 aliphatic rings. The Morgan fingerprint density at radius 1 is 1.53 bits per heavy atom. The van der Waals surface area contributed by atoms with Crippen LogP contribution in [-0.4, -0.2) is 31.5 Å². The molecule has 0 bridgehead atoms. The highest BCUT2D eigenvalue weighted by atomic mass is 16.5. The first kappa shape index (κ1) is 12.2. The van der Waals surface area contributed by atoms with Crippen LogP contribution in [0.15, 0.2) is 18.2 Å². The molecule has 2 N–H and O–H groups in total. The van der Waals surface area contributed by atoms with E-state index < -0.39 is 0 Å². The van der Waals surface area contributed by atoms with Crippen molar-refractivity contribution in [3.8, 4) is 11.5 Å². The minimum atomic E-state index is 0.176. The second-order valence-electron chi connectivity index (χ2n) is 4.27. The van der Waals surface area contributed by atoms with Crippen molar-refractivity contribution in [1.29, 1.82) is 0 Å². The molecule has 1 aromatic carbocycles. The second kappa shape index (κ2) is 5.89. The van der Waals surface area contributed by atoms with Crippen LogP contribution in [0.25, 0.3) is 0 Å². The summed E-state index contributed by atoms with van der Waals surface area (Å²) in [7, 11) is 1.55. The van der Waals surface area contributed by atoms with Crippen LogP contribution in [0, 0.1) is 0 Å². The van der Waals surface area contributed by atoms with Gasteiger partial charge >= 0.3 is 0 Å². The zero-order valence-electron chi connectivity index (χ0n) is 10.1. The van der Waals surface area contributed by atoms with Crippen LogP contribution >= 0.6 is 0 Å². The Labute approximate surface area is 102 Å². The highest BCUT2D eigenvalue weighted by Gasteiger charge is 2.14. The van der Waals surface area contributed by atoms with E-state index >= 15 is 0 Å². The van der Waals surface area contributed by atoms with Crippen LogP contribution < -0.4 is 10.1 Å². The lowest BCUT2D eigenvalue weighted by molar-refractivity contribution is 0.110. The highest BCUT2D eigenvalue weighted by molar-refractivity contribution is 5.41. The van der Waals surface area contributed by atoms with E-state index in [2.05, 4.69) is 5.32 Å². The van der Waals surface area contributed by atoms with Gasteiger partial charge in [0.2, 0.25) is 0 Å². The highest BCUT2D eigenvalue weighted by Crippen LogP contribution is 2.26. The third kappa shape index (κ3) is 3.35. The first-order valence-electron chi connectivity index (χ1n) is 5.98. The molecule has 0 saturated carbocycles. The molecule has 1 aliphatic heterocycles. The number of nitrogens with one attached hydrogen (secondary N) is 1. The molecule has 4 nitrogen and oxygen atoms in total. The molecule has 4 heteroatoms. The number of benzene rings is 1. The Morgan fingerprint density at radius 3 is 3.12 bits per heavy atom. The van der Waals surface area contributed by atoms with E-state index in [1.807, 2.05) is 12.1 Å². The van der Waals surface area contributed by atoms with Gasteiger partial charge in [0.25, 0.3) is 0 Å². The molecule has 0 spiro atoms. The Morgan fingerprint density at radius 2 is 2.41 bits per heavy atom. The van der Waals surface area contributed by atoms with Gasteiger partial charge in [-0.05, 0) is 30.5 Å². The summed E-state index contributed by atoms with van der Waals surface area (Å²) in [5, 5.41) is 12.8. The van der Waals surface area contributed by atoms with Gasteiger partial charge in [0.05, 0.1) is 13.2 Å². The first-order valence-corrected chi connectivity index (χ1v) is 5.98. The van der Waals surface area contributed by atoms with Crippen molar-refractivity contribution in [1.82, 2.24) is 5.32 Å². The van der Waals surface area contributed by atoms with Crippen LogP contribution in [-0.2, 0) is 11.3 Å². The normalized spacial score (nSPS) is 19.5. The van der Waals surface area contributed by atoms with Crippen molar-refractivity contribution >= 4 is 0 Å². The quantitative estimate of drug-likeness (QED) is 0.818. The number of hydrogen-bond donors (Lipinski definition) is 2. The van der Waals surface area contributed by atoms with Crippen molar-refractivity contribution in [3.05, 3.63) is 23.8 Å². The Balaban J connectivity index is 1.81.